The molecule has 16 heavy (non-hydrogen) atoms. The molecule has 0 aromatic rings. The molecular formula is C12H28N2O2. The molecule has 0 amide bonds. The van der Waals surface area contributed by atoms with Crippen molar-refractivity contribution in [2.75, 3.05) is 26.2 Å². The highest BCUT2D eigenvalue weighted by atomic mass is 16.3. The maximum atomic E-state index is 9.76. The van der Waals surface area contributed by atoms with E-state index in [1.807, 2.05) is 0 Å². The number of unbranched alkanes of at least 4 members (excludes halogenated alkanes) is 2. The van der Waals surface area contributed by atoms with Gasteiger partial charge in [-0.05, 0) is 25.9 Å². The van der Waals surface area contributed by atoms with Gasteiger partial charge in [0.25, 0.3) is 0 Å². The minimum atomic E-state index is -0.626. The monoisotopic (exact) mass is 232 g/mol. The largest absolute Gasteiger partial charge is 0.395 e. The van der Waals surface area contributed by atoms with Crippen molar-refractivity contribution in [2.24, 2.45) is 5.73 Å². The van der Waals surface area contributed by atoms with E-state index >= 15 is 0 Å². The van der Waals surface area contributed by atoms with Crippen LogP contribution in [0.1, 0.15) is 39.5 Å². The minimum Gasteiger partial charge on any atom is -0.395 e. The Balaban J connectivity index is 4.29. The SMILES string of the molecule is CCCCN(CCCC)C(CO)C(O)CN. The number of aliphatic hydroxyl groups is 2. The average molecular weight is 232 g/mol. The highest BCUT2D eigenvalue weighted by Gasteiger charge is 2.23. The first-order chi connectivity index (χ1) is 7.71. The maximum Gasteiger partial charge on any atom is 0.0839 e. The lowest BCUT2D eigenvalue weighted by Gasteiger charge is -2.33. The fourth-order valence-corrected chi connectivity index (χ4v) is 1.80. The van der Waals surface area contributed by atoms with Crippen molar-refractivity contribution in [1.82, 2.24) is 4.90 Å². The molecule has 0 fully saturated rings. The number of rotatable bonds is 10. The standard InChI is InChI=1S/C12H28N2O2/c1-3-5-7-14(8-6-4-2)11(10-15)12(16)9-13/h11-12,15-16H,3-10,13H2,1-2H3. The van der Waals surface area contributed by atoms with Crippen LogP contribution in [0.5, 0.6) is 0 Å². The van der Waals surface area contributed by atoms with Gasteiger partial charge in [-0.15, -0.1) is 0 Å². The Kier molecular flexibility index (Phi) is 9.92. The summed E-state index contributed by atoms with van der Waals surface area (Å²) in [7, 11) is 0. The van der Waals surface area contributed by atoms with Crippen molar-refractivity contribution in [3.63, 3.8) is 0 Å². The predicted octanol–water partition coefficient (Wildman–Crippen LogP) is 0.569. The van der Waals surface area contributed by atoms with Gasteiger partial charge < -0.3 is 15.9 Å². The van der Waals surface area contributed by atoms with Crippen LogP contribution in [0.15, 0.2) is 0 Å². The molecule has 98 valence electrons. The van der Waals surface area contributed by atoms with E-state index in [9.17, 15) is 10.2 Å². The van der Waals surface area contributed by atoms with Crippen LogP contribution in [-0.2, 0) is 0 Å². The van der Waals surface area contributed by atoms with Gasteiger partial charge >= 0.3 is 0 Å². The van der Waals surface area contributed by atoms with Crippen molar-refractivity contribution in [1.29, 1.82) is 0 Å². The second kappa shape index (κ2) is 10.0. The van der Waals surface area contributed by atoms with Crippen molar-refractivity contribution in [2.45, 2.75) is 51.7 Å². The third-order valence-electron chi connectivity index (χ3n) is 2.94. The summed E-state index contributed by atoms with van der Waals surface area (Å²) in [5, 5.41) is 19.1. The van der Waals surface area contributed by atoms with Crippen molar-refractivity contribution >= 4 is 0 Å². The minimum absolute atomic E-state index is 0.0220. The van der Waals surface area contributed by atoms with Crippen LogP contribution in [0.4, 0.5) is 0 Å². The third-order valence-corrected chi connectivity index (χ3v) is 2.94. The Morgan fingerprint density at radius 3 is 1.94 bits per heavy atom. The molecule has 0 aromatic heterocycles. The molecule has 0 bridgehead atoms. The average Bonchev–Trinajstić information content (AvgIpc) is 2.32. The van der Waals surface area contributed by atoms with Gasteiger partial charge in [-0.1, -0.05) is 26.7 Å². The van der Waals surface area contributed by atoms with Gasteiger partial charge in [-0.2, -0.15) is 0 Å². The summed E-state index contributed by atoms with van der Waals surface area (Å²) in [6, 6.07) is -0.205. The molecular weight excluding hydrogens is 204 g/mol. The maximum absolute atomic E-state index is 9.76. The Bertz CT molecular complexity index is 148. The molecule has 2 unspecified atom stereocenters. The first kappa shape index (κ1) is 15.8. The second-order valence-electron chi connectivity index (χ2n) is 4.30. The number of nitrogens with zero attached hydrogens (tertiary/aromatic N) is 1. The van der Waals surface area contributed by atoms with Gasteiger partial charge in [0.05, 0.1) is 18.8 Å². The highest BCUT2D eigenvalue weighted by Crippen LogP contribution is 2.08. The predicted molar refractivity (Wildman–Crippen MR) is 67.3 cm³/mol. The zero-order valence-electron chi connectivity index (χ0n) is 10.7. The fourth-order valence-electron chi connectivity index (χ4n) is 1.80. The van der Waals surface area contributed by atoms with E-state index in [0.717, 1.165) is 38.8 Å². The first-order valence-corrected chi connectivity index (χ1v) is 6.44. The van der Waals surface area contributed by atoms with Crippen molar-refractivity contribution < 1.29 is 10.2 Å². The number of nitrogens with two attached hydrogens (primary N) is 1. The molecule has 0 aliphatic rings. The van der Waals surface area contributed by atoms with E-state index in [1.165, 1.54) is 0 Å². The third kappa shape index (κ3) is 5.80. The molecule has 0 aliphatic heterocycles. The molecule has 4 heteroatoms. The van der Waals surface area contributed by atoms with Crippen LogP contribution in [-0.4, -0.2) is 53.5 Å². The van der Waals surface area contributed by atoms with Crippen LogP contribution in [0.2, 0.25) is 0 Å². The molecule has 0 spiro atoms. The zero-order valence-corrected chi connectivity index (χ0v) is 10.7. The molecule has 0 aliphatic carbocycles. The molecule has 2 atom stereocenters. The molecule has 4 nitrogen and oxygen atoms in total. The van der Waals surface area contributed by atoms with Gasteiger partial charge in [0, 0.05) is 6.54 Å². The van der Waals surface area contributed by atoms with Crippen molar-refractivity contribution in [3.8, 4) is 0 Å². The van der Waals surface area contributed by atoms with E-state index in [1.54, 1.807) is 0 Å². The molecule has 4 N–H and O–H groups in total. The van der Waals surface area contributed by atoms with Gasteiger partial charge in [-0.3, -0.25) is 4.90 Å². The number of hydrogen-bond donors (Lipinski definition) is 3. The summed E-state index contributed by atoms with van der Waals surface area (Å²) in [6.07, 6.45) is 3.81. The normalized spacial score (nSPS) is 15.4. The number of aliphatic hydroxyl groups excluding tert-OH is 2. The lowest BCUT2D eigenvalue weighted by atomic mass is 10.1. The topological polar surface area (TPSA) is 69.7 Å². The Labute approximate surface area is 99.4 Å². The van der Waals surface area contributed by atoms with E-state index in [4.69, 9.17) is 5.73 Å². The van der Waals surface area contributed by atoms with Gasteiger partial charge in [0.15, 0.2) is 0 Å². The molecule has 0 radical (unpaired) electrons. The summed E-state index contributed by atoms with van der Waals surface area (Å²) >= 11 is 0. The summed E-state index contributed by atoms with van der Waals surface area (Å²) in [6.45, 7) is 6.33. The fraction of sp³-hybridized carbons (Fsp3) is 1.00. The summed E-state index contributed by atoms with van der Waals surface area (Å²) in [5.41, 5.74) is 5.46. The lowest BCUT2D eigenvalue weighted by molar-refractivity contribution is 0.0189. The van der Waals surface area contributed by atoms with Crippen LogP contribution in [0, 0.1) is 0 Å². The Hall–Kier alpha value is -0.160. The quantitative estimate of drug-likeness (QED) is 0.515. The van der Waals surface area contributed by atoms with E-state index in [2.05, 4.69) is 18.7 Å². The molecule has 0 aromatic carbocycles. The lowest BCUT2D eigenvalue weighted by Crippen LogP contribution is -2.49. The molecule has 0 saturated carbocycles. The Morgan fingerprint density at radius 2 is 1.62 bits per heavy atom. The summed E-state index contributed by atoms with van der Waals surface area (Å²) < 4.78 is 0. The van der Waals surface area contributed by atoms with Gasteiger partial charge in [0.1, 0.15) is 0 Å². The van der Waals surface area contributed by atoms with E-state index in [0.29, 0.717) is 0 Å². The molecule has 0 saturated heterocycles. The van der Waals surface area contributed by atoms with Crippen molar-refractivity contribution in [3.05, 3.63) is 0 Å². The second-order valence-corrected chi connectivity index (χ2v) is 4.30. The number of hydrogen-bond acceptors (Lipinski definition) is 4. The van der Waals surface area contributed by atoms with Gasteiger partial charge in [-0.25, -0.2) is 0 Å². The summed E-state index contributed by atoms with van der Waals surface area (Å²) in [5.74, 6) is 0. The van der Waals surface area contributed by atoms with Gasteiger partial charge in [0.2, 0.25) is 0 Å². The van der Waals surface area contributed by atoms with E-state index in [-0.39, 0.29) is 19.2 Å². The van der Waals surface area contributed by atoms with E-state index < -0.39 is 6.10 Å². The van der Waals surface area contributed by atoms with Crippen LogP contribution < -0.4 is 5.73 Å². The van der Waals surface area contributed by atoms with Crippen LogP contribution in [0.25, 0.3) is 0 Å². The molecule has 0 heterocycles. The highest BCUT2D eigenvalue weighted by molar-refractivity contribution is 4.79. The summed E-state index contributed by atoms with van der Waals surface area (Å²) in [4.78, 5) is 2.17. The smallest absolute Gasteiger partial charge is 0.0839 e. The first-order valence-electron chi connectivity index (χ1n) is 6.44. The Morgan fingerprint density at radius 1 is 1.12 bits per heavy atom. The van der Waals surface area contributed by atoms with Crippen LogP contribution >= 0.6 is 0 Å². The molecule has 0 rings (SSSR count). The van der Waals surface area contributed by atoms with Crippen LogP contribution in [0.3, 0.4) is 0 Å². The zero-order chi connectivity index (χ0) is 12.4.